The van der Waals surface area contributed by atoms with Crippen LogP contribution in [0.25, 0.3) is 22.6 Å². The molecular weight excluding hydrogens is 316 g/mol. The van der Waals surface area contributed by atoms with Gasteiger partial charge in [-0.05, 0) is 30.3 Å². The minimum absolute atomic E-state index is 0.250. The third kappa shape index (κ3) is 4.02. The predicted molar refractivity (Wildman–Crippen MR) is 90.5 cm³/mol. The Morgan fingerprint density at radius 2 is 2.09 bits per heavy atom. The summed E-state index contributed by atoms with van der Waals surface area (Å²) in [6.45, 7) is 0.203. The third-order valence-electron chi connectivity index (χ3n) is 2.89. The summed E-state index contributed by atoms with van der Waals surface area (Å²) in [7, 11) is 0. The summed E-state index contributed by atoms with van der Waals surface area (Å²) in [5, 5.41) is 10.6. The van der Waals surface area contributed by atoms with Gasteiger partial charge >= 0.3 is 0 Å². The lowest BCUT2D eigenvalue weighted by Gasteiger charge is -2.05. The lowest BCUT2D eigenvalue weighted by atomic mass is 10.2. The smallest absolute Gasteiger partial charge is 0.290 e. The summed E-state index contributed by atoms with van der Waals surface area (Å²) in [5.41, 5.74) is 3.16. The molecule has 1 heterocycles. The molecular formula is C17H13ClN2O3. The first kappa shape index (κ1) is 16.4. The molecule has 0 aliphatic rings. The van der Waals surface area contributed by atoms with Crippen molar-refractivity contribution < 1.29 is 14.3 Å². The highest BCUT2D eigenvalue weighted by Crippen LogP contribution is 2.32. The number of oxazole rings is 1. The van der Waals surface area contributed by atoms with Crippen LogP contribution in [0.15, 0.2) is 46.9 Å². The number of anilines is 1. The average molecular weight is 329 g/mol. The summed E-state index contributed by atoms with van der Waals surface area (Å²) in [6.07, 6.45) is 5.24. The molecule has 0 unspecified atom stereocenters. The minimum atomic E-state index is -0.250. The number of benzene rings is 2. The van der Waals surface area contributed by atoms with Crippen LogP contribution in [-0.2, 0) is 4.79 Å². The molecule has 3 rings (SSSR count). The number of nitrogens with zero attached hydrogens (tertiary/aromatic N) is 1. The van der Waals surface area contributed by atoms with Crippen molar-refractivity contribution in [3.05, 3.63) is 47.5 Å². The Morgan fingerprint density at radius 3 is 2.78 bits per heavy atom. The van der Waals surface area contributed by atoms with E-state index in [1.54, 1.807) is 6.07 Å². The zero-order valence-electron chi connectivity index (χ0n) is 12.0. The molecule has 3 aromatic rings. The van der Waals surface area contributed by atoms with Gasteiger partial charge in [-0.1, -0.05) is 29.7 Å². The summed E-state index contributed by atoms with van der Waals surface area (Å²) >= 11 is 6.22. The Kier molecular flexibility index (Phi) is 5.61. The van der Waals surface area contributed by atoms with Crippen LogP contribution in [0.4, 0.5) is 5.69 Å². The molecule has 0 saturated carbocycles. The van der Waals surface area contributed by atoms with Crippen LogP contribution in [-0.4, -0.2) is 23.1 Å². The first-order chi connectivity index (χ1) is 11.2. The van der Waals surface area contributed by atoms with Crippen LogP contribution in [0.2, 0.25) is 5.02 Å². The van der Waals surface area contributed by atoms with Crippen LogP contribution in [0.3, 0.4) is 0 Å². The zero-order chi connectivity index (χ0) is 16.7. The van der Waals surface area contributed by atoms with Gasteiger partial charge in [0, 0.05) is 5.69 Å². The summed E-state index contributed by atoms with van der Waals surface area (Å²) in [4.78, 5) is 12.8. The van der Waals surface area contributed by atoms with Crippen molar-refractivity contribution in [3.8, 4) is 23.8 Å². The molecule has 0 spiro atoms. The first-order valence-corrected chi connectivity index (χ1v) is 6.98. The first-order valence-electron chi connectivity index (χ1n) is 6.60. The third-order valence-corrected chi connectivity index (χ3v) is 3.21. The molecule has 6 heteroatoms. The number of carboxylic acid groups (broad SMARTS) is 1. The van der Waals surface area contributed by atoms with E-state index in [9.17, 15) is 0 Å². The Balaban J connectivity index is 0.000000595. The van der Waals surface area contributed by atoms with Gasteiger partial charge in [-0.3, -0.25) is 4.79 Å². The molecule has 5 nitrogen and oxygen atoms in total. The number of aromatic nitrogens is 1. The van der Waals surface area contributed by atoms with Crippen molar-refractivity contribution in [2.24, 2.45) is 0 Å². The number of hydrogen-bond donors (Lipinski definition) is 2. The number of carbonyl (C=O) groups is 1. The number of hydrogen-bond acceptors (Lipinski definition) is 4. The van der Waals surface area contributed by atoms with Gasteiger partial charge in [0.15, 0.2) is 5.58 Å². The number of halogens is 1. The van der Waals surface area contributed by atoms with Gasteiger partial charge in [-0.2, -0.15) is 0 Å². The van der Waals surface area contributed by atoms with E-state index >= 15 is 0 Å². The summed E-state index contributed by atoms with van der Waals surface area (Å²) in [6, 6.07) is 13.1. The van der Waals surface area contributed by atoms with E-state index < -0.39 is 0 Å². The lowest BCUT2D eigenvalue weighted by Crippen LogP contribution is -1.98. The Morgan fingerprint density at radius 1 is 1.35 bits per heavy atom. The fraction of sp³-hybridized carbons (Fsp3) is 0.0588. The molecule has 0 aliphatic carbocycles. The number of terminal acetylenes is 1. The van der Waals surface area contributed by atoms with Gasteiger partial charge in [0.2, 0.25) is 5.89 Å². The number of fused-ring (bicyclic) bond motifs is 1. The van der Waals surface area contributed by atoms with Crippen molar-refractivity contribution in [2.45, 2.75) is 0 Å². The second kappa shape index (κ2) is 7.87. The van der Waals surface area contributed by atoms with Crippen LogP contribution >= 0.6 is 11.6 Å². The molecule has 1 aromatic heterocycles. The van der Waals surface area contributed by atoms with E-state index in [4.69, 9.17) is 32.3 Å². The van der Waals surface area contributed by atoms with Gasteiger partial charge < -0.3 is 14.8 Å². The quantitative estimate of drug-likeness (QED) is 0.563. The molecule has 0 atom stereocenters. The molecule has 116 valence electrons. The van der Waals surface area contributed by atoms with Gasteiger partial charge in [0.1, 0.15) is 5.52 Å². The predicted octanol–water partition coefficient (Wildman–Crippen LogP) is 3.89. The summed E-state index contributed by atoms with van der Waals surface area (Å²) in [5.74, 6) is 3.03. The fourth-order valence-corrected chi connectivity index (χ4v) is 2.14. The van der Waals surface area contributed by atoms with Crippen molar-refractivity contribution in [2.75, 3.05) is 11.9 Å². The van der Waals surface area contributed by atoms with Crippen molar-refractivity contribution in [1.82, 2.24) is 4.98 Å². The monoisotopic (exact) mass is 328 g/mol. The fourth-order valence-electron chi connectivity index (χ4n) is 1.94. The Hall–Kier alpha value is -2.97. The van der Waals surface area contributed by atoms with E-state index in [-0.39, 0.29) is 6.47 Å². The van der Waals surface area contributed by atoms with Crippen LogP contribution in [0, 0.1) is 12.3 Å². The highest BCUT2D eigenvalue weighted by Gasteiger charge is 2.12. The molecule has 0 radical (unpaired) electrons. The molecule has 0 amide bonds. The molecule has 0 aliphatic heterocycles. The molecule has 0 saturated heterocycles. The normalized spacial score (nSPS) is 9.57. The van der Waals surface area contributed by atoms with E-state index in [2.05, 4.69) is 16.2 Å². The maximum atomic E-state index is 8.36. The maximum absolute atomic E-state index is 8.36. The summed E-state index contributed by atoms with van der Waals surface area (Å²) < 4.78 is 5.73. The van der Waals surface area contributed by atoms with Crippen molar-refractivity contribution in [1.29, 1.82) is 0 Å². The van der Waals surface area contributed by atoms with Gasteiger partial charge in [-0.15, -0.1) is 6.42 Å². The van der Waals surface area contributed by atoms with Crippen molar-refractivity contribution >= 4 is 34.9 Å². The van der Waals surface area contributed by atoms with E-state index in [0.717, 1.165) is 22.4 Å². The maximum Gasteiger partial charge on any atom is 0.290 e. The van der Waals surface area contributed by atoms with E-state index in [1.165, 1.54) is 0 Å². The number of para-hydroxylation sites is 2. The largest absolute Gasteiger partial charge is 0.483 e. The second-order valence-corrected chi connectivity index (χ2v) is 4.75. The second-order valence-electron chi connectivity index (χ2n) is 4.34. The Bertz CT molecular complexity index is 819. The van der Waals surface area contributed by atoms with Gasteiger partial charge in [0.05, 0.1) is 17.1 Å². The SMILES string of the molecule is C#CCNc1ccc(Cl)c(-c2nc3ccccc3o2)c1.O=CO. The van der Waals surface area contributed by atoms with Crippen molar-refractivity contribution in [3.63, 3.8) is 0 Å². The topological polar surface area (TPSA) is 75.4 Å². The van der Waals surface area contributed by atoms with Gasteiger partial charge in [-0.25, -0.2) is 4.98 Å². The molecule has 2 aromatic carbocycles. The highest BCUT2D eigenvalue weighted by molar-refractivity contribution is 6.33. The molecule has 0 bridgehead atoms. The number of nitrogens with one attached hydrogen (secondary N) is 1. The van der Waals surface area contributed by atoms with E-state index in [1.807, 2.05) is 36.4 Å². The van der Waals surface area contributed by atoms with Crippen LogP contribution in [0.5, 0.6) is 0 Å². The van der Waals surface area contributed by atoms with Gasteiger partial charge in [0.25, 0.3) is 6.47 Å². The van der Waals surface area contributed by atoms with Crippen LogP contribution in [0.1, 0.15) is 0 Å². The standard InChI is InChI=1S/C16H11ClN2O.CH2O2/c1-2-9-18-11-7-8-13(17)12(10-11)16-19-14-5-3-4-6-15(14)20-16;2-1-3/h1,3-8,10,18H,9H2;1H,(H,2,3). The molecule has 0 fully saturated rings. The number of rotatable bonds is 3. The average Bonchev–Trinajstić information content (AvgIpc) is 2.98. The van der Waals surface area contributed by atoms with Crippen LogP contribution < -0.4 is 5.32 Å². The zero-order valence-corrected chi connectivity index (χ0v) is 12.7. The highest BCUT2D eigenvalue weighted by atomic mass is 35.5. The Labute approximate surface area is 137 Å². The molecule has 2 N–H and O–H groups in total. The molecule has 23 heavy (non-hydrogen) atoms. The lowest BCUT2D eigenvalue weighted by molar-refractivity contribution is -0.122. The van der Waals surface area contributed by atoms with E-state index in [0.29, 0.717) is 17.5 Å². The minimum Gasteiger partial charge on any atom is -0.483 e.